The summed E-state index contributed by atoms with van der Waals surface area (Å²) < 4.78 is 28.9. The summed E-state index contributed by atoms with van der Waals surface area (Å²) in [6.45, 7) is 7.37. The molecular formula is C31H32N2O3S. The van der Waals surface area contributed by atoms with Crippen LogP contribution in [-0.4, -0.2) is 20.9 Å². The van der Waals surface area contributed by atoms with E-state index in [2.05, 4.69) is 5.32 Å². The standard InChI is InChI=1S/C31H32N2O3S/c1-22-13-17-27(18-14-22)31(26-10-6-5-7-11-26)32-30(34)21-33(29-12-8-9-24(3)25(29)4)37(35,36)28-19-15-23(2)16-20-28/h5-20,31H,21H2,1-4H3,(H,32,34)/t31-/m0/s1. The van der Waals surface area contributed by atoms with Crippen molar-refractivity contribution in [3.8, 4) is 0 Å². The minimum Gasteiger partial charge on any atom is -0.344 e. The van der Waals surface area contributed by atoms with E-state index in [0.717, 1.165) is 33.4 Å². The zero-order valence-corrected chi connectivity index (χ0v) is 22.4. The molecule has 6 heteroatoms. The number of nitrogens with zero attached hydrogens (tertiary/aromatic N) is 1. The van der Waals surface area contributed by atoms with E-state index < -0.39 is 22.0 Å². The molecular weight excluding hydrogens is 480 g/mol. The van der Waals surface area contributed by atoms with Gasteiger partial charge in [0.05, 0.1) is 16.6 Å². The predicted molar refractivity (Wildman–Crippen MR) is 149 cm³/mol. The van der Waals surface area contributed by atoms with Crippen LogP contribution in [0.1, 0.15) is 39.4 Å². The van der Waals surface area contributed by atoms with Crippen molar-refractivity contribution < 1.29 is 13.2 Å². The van der Waals surface area contributed by atoms with Crippen LogP contribution in [0.5, 0.6) is 0 Å². The quantitative estimate of drug-likeness (QED) is 0.314. The lowest BCUT2D eigenvalue weighted by Gasteiger charge is -2.28. The minimum absolute atomic E-state index is 0.143. The highest BCUT2D eigenvalue weighted by atomic mass is 32.2. The largest absolute Gasteiger partial charge is 0.344 e. The Balaban J connectivity index is 1.72. The van der Waals surface area contributed by atoms with Gasteiger partial charge in [-0.1, -0.05) is 90.0 Å². The average Bonchev–Trinajstić information content (AvgIpc) is 2.89. The minimum atomic E-state index is -4.00. The Labute approximate surface area is 219 Å². The van der Waals surface area contributed by atoms with E-state index >= 15 is 0 Å². The summed E-state index contributed by atoms with van der Waals surface area (Å²) in [5.74, 6) is -0.397. The fourth-order valence-electron chi connectivity index (χ4n) is 4.24. The molecule has 0 unspecified atom stereocenters. The van der Waals surface area contributed by atoms with Gasteiger partial charge < -0.3 is 5.32 Å². The van der Waals surface area contributed by atoms with Crippen molar-refractivity contribution in [3.05, 3.63) is 130 Å². The molecule has 4 aromatic rings. The first-order valence-corrected chi connectivity index (χ1v) is 13.7. The van der Waals surface area contributed by atoms with Crippen LogP contribution in [0.4, 0.5) is 5.69 Å². The SMILES string of the molecule is Cc1ccc([C@@H](NC(=O)CN(c2cccc(C)c2C)S(=O)(=O)c2ccc(C)cc2)c2ccccc2)cc1. The van der Waals surface area contributed by atoms with Crippen LogP contribution >= 0.6 is 0 Å². The van der Waals surface area contributed by atoms with Crippen molar-refractivity contribution in [2.24, 2.45) is 0 Å². The molecule has 4 aromatic carbocycles. The molecule has 37 heavy (non-hydrogen) atoms. The number of carbonyl (C=O) groups excluding carboxylic acids is 1. The highest BCUT2D eigenvalue weighted by molar-refractivity contribution is 7.92. The van der Waals surface area contributed by atoms with Gasteiger partial charge in [0, 0.05) is 0 Å². The molecule has 1 N–H and O–H groups in total. The van der Waals surface area contributed by atoms with Crippen LogP contribution in [0.3, 0.4) is 0 Å². The number of rotatable bonds is 8. The van der Waals surface area contributed by atoms with Crippen molar-refractivity contribution in [1.29, 1.82) is 0 Å². The molecule has 0 saturated carbocycles. The molecule has 190 valence electrons. The fourth-order valence-corrected chi connectivity index (χ4v) is 5.72. The van der Waals surface area contributed by atoms with Gasteiger partial charge in [0.2, 0.25) is 5.91 Å². The molecule has 1 atom stereocenters. The number of anilines is 1. The van der Waals surface area contributed by atoms with E-state index in [4.69, 9.17) is 0 Å². The summed E-state index contributed by atoms with van der Waals surface area (Å²) in [7, 11) is -4.00. The van der Waals surface area contributed by atoms with E-state index in [0.29, 0.717) is 5.69 Å². The number of nitrogens with one attached hydrogen (secondary N) is 1. The monoisotopic (exact) mass is 512 g/mol. The number of hydrogen-bond acceptors (Lipinski definition) is 3. The van der Waals surface area contributed by atoms with Gasteiger partial charge in [-0.2, -0.15) is 0 Å². The van der Waals surface area contributed by atoms with Gasteiger partial charge in [-0.15, -0.1) is 0 Å². The Kier molecular flexibility index (Phi) is 7.79. The second-order valence-corrected chi connectivity index (χ2v) is 11.2. The van der Waals surface area contributed by atoms with E-state index in [-0.39, 0.29) is 11.4 Å². The van der Waals surface area contributed by atoms with Gasteiger partial charge in [0.25, 0.3) is 10.0 Å². The third-order valence-corrected chi connectivity index (χ3v) is 8.36. The third-order valence-electron chi connectivity index (χ3n) is 6.59. The van der Waals surface area contributed by atoms with Crippen molar-refractivity contribution in [2.75, 3.05) is 10.8 Å². The second-order valence-electron chi connectivity index (χ2n) is 9.37. The first-order chi connectivity index (χ1) is 17.7. The molecule has 1 amide bonds. The number of hydrogen-bond donors (Lipinski definition) is 1. The number of aryl methyl sites for hydroxylation is 3. The van der Waals surface area contributed by atoms with Gasteiger partial charge in [0.15, 0.2) is 0 Å². The molecule has 0 aliphatic heterocycles. The van der Waals surface area contributed by atoms with Crippen LogP contribution in [0, 0.1) is 27.7 Å². The lowest BCUT2D eigenvalue weighted by atomic mass is 9.98. The smallest absolute Gasteiger partial charge is 0.264 e. The lowest BCUT2D eigenvalue weighted by molar-refractivity contribution is -0.120. The molecule has 0 saturated heterocycles. The van der Waals surface area contributed by atoms with E-state index in [1.165, 1.54) is 4.31 Å². The van der Waals surface area contributed by atoms with Crippen molar-refractivity contribution in [3.63, 3.8) is 0 Å². The Hall–Kier alpha value is -3.90. The highest BCUT2D eigenvalue weighted by Gasteiger charge is 2.29. The van der Waals surface area contributed by atoms with Crippen molar-refractivity contribution >= 4 is 21.6 Å². The molecule has 0 radical (unpaired) electrons. The van der Waals surface area contributed by atoms with Gasteiger partial charge in [0.1, 0.15) is 6.54 Å². The fraction of sp³-hybridized carbons (Fsp3) is 0.194. The van der Waals surface area contributed by atoms with Gasteiger partial charge in [-0.3, -0.25) is 9.10 Å². The van der Waals surface area contributed by atoms with Crippen LogP contribution in [-0.2, 0) is 14.8 Å². The summed E-state index contributed by atoms with van der Waals surface area (Å²) in [5, 5.41) is 3.09. The summed E-state index contributed by atoms with van der Waals surface area (Å²) in [5.41, 5.74) is 6.16. The van der Waals surface area contributed by atoms with Crippen molar-refractivity contribution in [2.45, 2.75) is 38.6 Å². The van der Waals surface area contributed by atoms with Crippen LogP contribution < -0.4 is 9.62 Å². The average molecular weight is 513 g/mol. The van der Waals surface area contributed by atoms with E-state index in [1.807, 2.05) is 94.4 Å². The maximum atomic E-state index is 13.9. The van der Waals surface area contributed by atoms with Gasteiger partial charge in [-0.05, 0) is 68.1 Å². The Morgan fingerprint density at radius 3 is 1.92 bits per heavy atom. The summed E-state index contributed by atoms with van der Waals surface area (Å²) in [6, 6.07) is 29.4. The number of amides is 1. The number of benzene rings is 4. The maximum Gasteiger partial charge on any atom is 0.264 e. The number of carbonyl (C=O) groups is 1. The van der Waals surface area contributed by atoms with Crippen molar-refractivity contribution in [1.82, 2.24) is 5.32 Å². The van der Waals surface area contributed by atoms with Gasteiger partial charge >= 0.3 is 0 Å². The maximum absolute atomic E-state index is 13.9. The molecule has 0 bridgehead atoms. The molecule has 0 spiro atoms. The normalized spacial score (nSPS) is 12.1. The second kappa shape index (κ2) is 11.0. The van der Waals surface area contributed by atoms with E-state index in [9.17, 15) is 13.2 Å². The summed E-state index contributed by atoms with van der Waals surface area (Å²) in [4.78, 5) is 13.7. The first kappa shape index (κ1) is 26.2. The molecule has 0 fully saturated rings. The van der Waals surface area contributed by atoms with Crippen LogP contribution in [0.2, 0.25) is 0 Å². The number of sulfonamides is 1. The Morgan fingerprint density at radius 1 is 0.730 bits per heavy atom. The molecule has 4 rings (SSSR count). The molecule has 0 aliphatic carbocycles. The first-order valence-electron chi connectivity index (χ1n) is 12.2. The topological polar surface area (TPSA) is 66.5 Å². The Bertz CT molecular complexity index is 1480. The lowest BCUT2D eigenvalue weighted by Crippen LogP contribution is -2.42. The van der Waals surface area contributed by atoms with Crippen LogP contribution in [0.15, 0.2) is 102 Å². The molecule has 0 heterocycles. The summed E-state index contributed by atoms with van der Waals surface area (Å²) in [6.07, 6.45) is 0. The predicted octanol–water partition coefficient (Wildman–Crippen LogP) is 6.02. The zero-order valence-electron chi connectivity index (χ0n) is 21.6. The molecule has 0 aliphatic rings. The highest BCUT2D eigenvalue weighted by Crippen LogP contribution is 2.29. The molecule has 0 aromatic heterocycles. The van der Waals surface area contributed by atoms with E-state index in [1.54, 1.807) is 30.3 Å². The Morgan fingerprint density at radius 2 is 1.30 bits per heavy atom. The molecule has 5 nitrogen and oxygen atoms in total. The zero-order chi connectivity index (χ0) is 26.6. The third kappa shape index (κ3) is 5.92. The summed E-state index contributed by atoms with van der Waals surface area (Å²) >= 11 is 0. The van der Waals surface area contributed by atoms with Gasteiger partial charge in [-0.25, -0.2) is 8.42 Å². The van der Waals surface area contributed by atoms with Crippen LogP contribution in [0.25, 0.3) is 0 Å².